The molecule has 19 heavy (non-hydrogen) atoms. The van der Waals surface area contributed by atoms with Crippen LogP contribution in [-0.4, -0.2) is 5.97 Å². The van der Waals surface area contributed by atoms with Crippen molar-refractivity contribution in [1.29, 1.82) is 0 Å². The van der Waals surface area contributed by atoms with Crippen molar-refractivity contribution in [2.24, 2.45) is 0 Å². The van der Waals surface area contributed by atoms with Gasteiger partial charge in [-0.1, -0.05) is 51.7 Å². The molecule has 0 aromatic rings. The van der Waals surface area contributed by atoms with E-state index in [1.54, 1.807) is 0 Å². The Morgan fingerprint density at radius 1 is 0.842 bits per heavy atom. The summed E-state index contributed by atoms with van der Waals surface area (Å²) in [6.07, 6.45) is 18.6. The average Bonchev–Trinajstić information content (AvgIpc) is 2.41. The van der Waals surface area contributed by atoms with E-state index in [9.17, 15) is 4.79 Å². The lowest BCUT2D eigenvalue weighted by Crippen LogP contribution is -1.97. The molecule has 0 unspecified atom stereocenters. The predicted octanol–water partition coefficient (Wildman–Crippen LogP) is 5.54. The zero-order valence-electron chi connectivity index (χ0n) is 12.7. The lowest BCUT2D eigenvalue weighted by Gasteiger charge is -1.97. The molecule has 0 rings (SSSR count). The molecule has 0 aromatic heterocycles. The molecule has 110 valence electrons. The van der Waals surface area contributed by atoms with Crippen LogP contribution in [0.15, 0.2) is 24.5 Å². The molecular weight excluding hydrogens is 236 g/mol. The SMILES string of the molecule is CCCC/C=C/OC(=O)CC/C=C/CCCCCC. The van der Waals surface area contributed by atoms with E-state index in [0.717, 1.165) is 25.7 Å². The van der Waals surface area contributed by atoms with E-state index in [2.05, 4.69) is 26.0 Å². The highest BCUT2D eigenvalue weighted by molar-refractivity contribution is 5.70. The molecule has 2 nitrogen and oxygen atoms in total. The maximum atomic E-state index is 11.3. The standard InChI is InChI=1S/C17H30O2/c1-3-5-7-9-10-11-12-13-15-17(18)19-16-14-8-6-4-2/h11-12,14,16H,3-10,13,15H2,1-2H3/b12-11+,16-14+. The first-order valence-corrected chi connectivity index (χ1v) is 7.80. The van der Waals surface area contributed by atoms with Gasteiger partial charge in [0.05, 0.1) is 6.26 Å². The highest BCUT2D eigenvalue weighted by atomic mass is 16.5. The van der Waals surface area contributed by atoms with Crippen LogP contribution >= 0.6 is 0 Å². The van der Waals surface area contributed by atoms with Crippen molar-refractivity contribution >= 4 is 5.97 Å². The number of allylic oxidation sites excluding steroid dienone is 3. The summed E-state index contributed by atoms with van der Waals surface area (Å²) in [5.41, 5.74) is 0. The fraction of sp³-hybridized carbons (Fsp3) is 0.706. The van der Waals surface area contributed by atoms with Crippen molar-refractivity contribution in [2.75, 3.05) is 0 Å². The molecule has 0 fully saturated rings. The number of hydrogen-bond donors (Lipinski definition) is 0. The Morgan fingerprint density at radius 2 is 1.53 bits per heavy atom. The minimum atomic E-state index is -0.136. The average molecular weight is 266 g/mol. The number of ether oxygens (including phenoxy) is 1. The van der Waals surface area contributed by atoms with Crippen LogP contribution in [0, 0.1) is 0 Å². The first kappa shape index (κ1) is 17.9. The van der Waals surface area contributed by atoms with E-state index < -0.39 is 0 Å². The van der Waals surface area contributed by atoms with Gasteiger partial charge in [0.25, 0.3) is 0 Å². The van der Waals surface area contributed by atoms with Gasteiger partial charge in [-0.05, 0) is 38.2 Å². The topological polar surface area (TPSA) is 26.3 Å². The van der Waals surface area contributed by atoms with Gasteiger partial charge < -0.3 is 4.74 Å². The highest BCUT2D eigenvalue weighted by Crippen LogP contribution is 2.04. The Morgan fingerprint density at radius 3 is 2.26 bits per heavy atom. The second kappa shape index (κ2) is 15.0. The van der Waals surface area contributed by atoms with Crippen LogP contribution in [0.1, 0.15) is 78.1 Å². The van der Waals surface area contributed by atoms with E-state index in [-0.39, 0.29) is 5.97 Å². The summed E-state index contributed by atoms with van der Waals surface area (Å²) >= 11 is 0. The summed E-state index contributed by atoms with van der Waals surface area (Å²) in [4.78, 5) is 11.3. The van der Waals surface area contributed by atoms with Crippen LogP contribution in [-0.2, 0) is 9.53 Å². The van der Waals surface area contributed by atoms with E-state index in [4.69, 9.17) is 4.74 Å². The number of hydrogen-bond acceptors (Lipinski definition) is 2. The van der Waals surface area contributed by atoms with Crippen molar-refractivity contribution < 1.29 is 9.53 Å². The van der Waals surface area contributed by atoms with Crippen molar-refractivity contribution in [1.82, 2.24) is 0 Å². The second-order valence-electron chi connectivity index (χ2n) is 4.86. The Kier molecular flexibility index (Phi) is 14.2. The lowest BCUT2D eigenvalue weighted by molar-refractivity contribution is -0.137. The van der Waals surface area contributed by atoms with Gasteiger partial charge in [-0.25, -0.2) is 0 Å². The summed E-state index contributed by atoms with van der Waals surface area (Å²) in [5, 5.41) is 0. The summed E-state index contributed by atoms with van der Waals surface area (Å²) in [6.45, 7) is 4.37. The monoisotopic (exact) mass is 266 g/mol. The van der Waals surface area contributed by atoms with Crippen LogP contribution < -0.4 is 0 Å². The molecule has 0 aliphatic carbocycles. The summed E-state index contributed by atoms with van der Waals surface area (Å²) in [5.74, 6) is -0.136. The number of carbonyl (C=O) groups excluding carboxylic acids is 1. The Bertz CT molecular complexity index is 254. The van der Waals surface area contributed by atoms with Crippen molar-refractivity contribution in [3.63, 3.8) is 0 Å². The molecule has 0 heterocycles. The third-order valence-electron chi connectivity index (χ3n) is 2.93. The minimum Gasteiger partial charge on any atom is -0.435 e. The Balaban J connectivity index is 3.37. The van der Waals surface area contributed by atoms with Gasteiger partial charge in [-0.15, -0.1) is 0 Å². The molecular formula is C17H30O2. The molecule has 2 heteroatoms. The number of carbonyl (C=O) groups is 1. The van der Waals surface area contributed by atoms with Crippen LogP contribution in [0.25, 0.3) is 0 Å². The van der Waals surface area contributed by atoms with Crippen molar-refractivity contribution in [3.05, 3.63) is 24.5 Å². The number of unbranched alkanes of at least 4 members (excludes halogenated alkanes) is 6. The molecule has 0 amide bonds. The maximum Gasteiger partial charge on any atom is 0.310 e. The van der Waals surface area contributed by atoms with Gasteiger partial charge in [0.1, 0.15) is 0 Å². The fourth-order valence-corrected chi connectivity index (χ4v) is 1.70. The Hall–Kier alpha value is -1.05. The minimum absolute atomic E-state index is 0.136. The second-order valence-corrected chi connectivity index (χ2v) is 4.86. The Labute approximate surface area is 118 Å². The van der Waals surface area contributed by atoms with E-state index in [1.165, 1.54) is 38.4 Å². The first-order chi connectivity index (χ1) is 9.31. The first-order valence-electron chi connectivity index (χ1n) is 7.80. The van der Waals surface area contributed by atoms with Crippen molar-refractivity contribution in [3.8, 4) is 0 Å². The molecule has 0 N–H and O–H groups in total. The zero-order valence-corrected chi connectivity index (χ0v) is 12.7. The third-order valence-corrected chi connectivity index (χ3v) is 2.93. The number of rotatable bonds is 12. The fourth-order valence-electron chi connectivity index (χ4n) is 1.70. The molecule has 0 saturated heterocycles. The van der Waals surface area contributed by atoms with Gasteiger partial charge in [-0.3, -0.25) is 4.79 Å². The zero-order chi connectivity index (χ0) is 14.2. The summed E-state index contributed by atoms with van der Waals surface area (Å²) < 4.78 is 4.99. The van der Waals surface area contributed by atoms with Crippen LogP contribution in [0.4, 0.5) is 0 Å². The summed E-state index contributed by atoms with van der Waals surface area (Å²) in [7, 11) is 0. The van der Waals surface area contributed by atoms with Crippen LogP contribution in [0.3, 0.4) is 0 Å². The molecule has 0 bridgehead atoms. The molecule has 0 spiro atoms. The van der Waals surface area contributed by atoms with Crippen molar-refractivity contribution in [2.45, 2.75) is 78.1 Å². The predicted molar refractivity (Wildman–Crippen MR) is 81.9 cm³/mol. The molecule has 0 aromatic carbocycles. The largest absolute Gasteiger partial charge is 0.435 e. The van der Waals surface area contributed by atoms with Crippen LogP contribution in [0.2, 0.25) is 0 Å². The van der Waals surface area contributed by atoms with Gasteiger partial charge in [0, 0.05) is 6.42 Å². The summed E-state index contributed by atoms with van der Waals surface area (Å²) in [6, 6.07) is 0. The van der Waals surface area contributed by atoms with Crippen LogP contribution in [0.5, 0.6) is 0 Å². The molecule has 0 saturated carbocycles. The van der Waals surface area contributed by atoms with Gasteiger partial charge in [-0.2, -0.15) is 0 Å². The molecule has 0 aliphatic heterocycles. The molecule has 0 aliphatic rings. The maximum absolute atomic E-state index is 11.3. The van der Waals surface area contributed by atoms with Gasteiger partial charge in [0.15, 0.2) is 0 Å². The van der Waals surface area contributed by atoms with E-state index in [0.29, 0.717) is 6.42 Å². The van der Waals surface area contributed by atoms with E-state index in [1.807, 2.05) is 6.08 Å². The van der Waals surface area contributed by atoms with Gasteiger partial charge >= 0.3 is 5.97 Å². The molecule has 0 atom stereocenters. The highest BCUT2D eigenvalue weighted by Gasteiger charge is 1.97. The lowest BCUT2D eigenvalue weighted by atomic mass is 10.1. The quantitative estimate of drug-likeness (QED) is 0.201. The number of esters is 1. The van der Waals surface area contributed by atoms with E-state index >= 15 is 0 Å². The normalized spacial score (nSPS) is 11.5. The third kappa shape index (κ3) is 14.9. The molecule has 0 radical (unpaired) electrons. The van der Waals surface area contributed by atoms with Gasteiger partial charge in [0.2, 0.25) is 0 Å². The smallest absolute Gasteiger partial charge is 0.310 e.